The van der Waals surface area contributed by atoms with Crippen molar-refractivity contribution in [2.75, 3.05) is 0 Å². The number of aliphatic hydroxyl groups excluding tert-OH is 1. The molecular formula is C8H14O2Si. The van der Waals surface area contributed by atoms with Crippen LogP contribution >= 0.6 is 0 Å². The molecule has 62 valence electrons. The van der Waals surface area contributed by atoms with Crippen LogP contribution in [-0.4, -0.2) is 25.1 Å². The first-order chi connectivity index (χ1) is 4.83. The molecule has 0 heterocycles. The lowest BCUT2D eigenvalue weighted by Gasteiger charge is -2.03. The molecule has 0 aromatic carbocycles. The van der Waals surface area contributed by atoms with Crippen molar-refractivity contribution in [1.29, 1.82) is 0 Å². The Kier molecular flexibility index (Phi) is 3.50. The van der Waals surface area contributed by atoms with E-state index < -0.39 is 14.2 Å². The van der Waals surface area contributed by atoms with Gasteiger partial charge in [0.05, 0.1) is 0 Å². The lowest BCUT2D eigenvalue weighted by Crippen LogP contribution is -2.19. The maximum Gasteiger partial charge on any atom is 0.233 e. The highest BCUT2D eigenvalue weighted by Crippen LogP contribution is 1.96. The van der Waals surface area contributed by atoms with Crippen LogP contribution < -0.4 is 0 Å². The molecule has 1 N–H and O–H groups in total. The summed E-state index contributed by atoms with van der Waals surface area (Å²) in [6, 6.07) is 0. The molecule has 0 aromatic heterocycles. The largest absolute Gasteiger partial charge is 0.385 e. The average Bonchev–Trinajstić information content (AvgIpc) is 1.80. The van der Waals surface area contributed by atoms with E-state index in [9.17, 15) is 4.79 Å². The summed E-state index contributed by atoms with van der Waals surface area (Å²) in [5.41, 5.74) is 2.88. The van der Waals surface area contributed by atoms with Gasteiger partial charge >= 0.3 is 0 Å². The summed E-state index contributed by atoms with van der Waals surface area (Å²) in [6.45, 7) is 7.58. The molecule has 11 heavy (non-hydrogen) atoms. The van der Waals surface area contributed by atoms with Gasteiger partial charge in [-0.15, -0.1) is 5.54 Å². The number of aliphatic hydroxyl groups is 1. The van der Waals surface area contributed by atoms with Crippen molar-refractivity contribution in [3.8, 4) is 11.5 Å². The molecule has 0 aliphatic carbocycles. The minimum atomic E-state index is -1.46. The number of rotatable bonds is 1. The maximum absolute atomic E-state index is 10.8. The first-order valence-electron chi connectivity index (χ1n) is 3.58. The van der Waals surface area contributed by atoms with Gasteiger partial charge in [0.15, 0.2) is 0 Å². The Labute approximate surface area is 68.6 Å². The van der Waals surface area contributed by atoms with Crippen molar-refractivity contribution < 1.29 is 9.90 Å². The Bertz CT molecular complexity index is 202. The Morgan fingerprint density at radius 3 is 2.18 bits per heavy atom. The maximum atomic E-state index is 10.8. The first kappa shape index (κ1) is 10.4. The minimum absolute atomic E-state index is 0.382. The fourth-order valence-corrected chi connectivity index (χ4v) is 0.852. The third kappa shape index (κ3) is 5.83. The standard InChI is InChI=1S/C8H14O2Si/c1-7(9)8(10)5-6-11(2,3)4/h7,9H,1-4H3/t7-/m0/s1. The summed E-state index contributed by atoms with van der Waals surface area (Å²) in [4.78, 5) is 10.8. The second kappa shape index (κ2) is 3.70. The molecule has 0 rings (SSSR count). The van der Waals surface area contributed by atoms with Crippen LogP contribution in [0.5, 0.6) is 0 Å². The summed E-state index contributed by atoms with van der Waals surface area (Å²) in [5, 5.41) is 8.78. The molecule has 3 heteroatoms. The van der Waals surface area contributed by atoms with Gasteiger partial charge < -0.3 is 5.11 Å². The Morgan fingerprint density at radius 1 is 1.45 bits per heavy atom. The van der Waals surface area contributed by atoms with E-state index in [-0.39, 0.29) is 5.78 Å². The fourth-order valence-electron chi connectivity index (χ4n) is 0.354. The van der Waals surface area contributed by atoms with Crippen LogP contribution in [0.3, 0.4) is 0 Å². The van der Waals surface area contributed by atoms with Crippen LogP contribution in [0.2, 0.25) is 19.6 Å². The zero-order valence-electron chi connectivity index (χ0n) is 7.43. The van der Waals surface area contributed by atoms with Gasteiger partial charge in [-0.25, -0.2) is 0 Å². The highest BCUT2D eigenvalue weighted by Gasteiger charge is 2.10. The van der Waals surface area contributed by atoms with E-state index >= 15 is 0 Å². The highest BCUT2D eigenvalue weighted by atomic mass is 28.3. The van der Waals surface area contributed by atoms with Gasteiger partial charge in [0.2, 0.25) is 5.78 Å². The van der Waals surface area contributed by atoms with Crippen LogP contribution in [0, 0.1) is 11.5 Å². The monoisotopic (exact) mass is 170 g/mol. The van der Waals surface area contributed by atoms with Crippen LogP contribution in [0.4, 0.5) is 0 Å². The minimum Gasteiger partial charge on any atom is -0.385 e. The van der Waals surface area contributed by atoms with E-state index in [0.29, 0.717) is 0 Å². The fraction of sp³-hybridized carbons (Fsp3) is 0.625. The summed E-state index contributed by atoms with van der Waals surface area (Å²) >= 11 is 0. The zero-order chi connectivity index (χ0) is 9.07. The lowest BCUT2D eigenvalue weighted by molar-refractivity contribution is -0.120. The van der Waals surface area contributed by atoms with Gasteiger partial charge in [0.25, 0.3) is 0 Å². The summed E-state index contributed by atoms with van der Waals surface area (Å²) in [6.07, 6.45) is -0.946. The first-order valence-corrected chi connectivity index (χ1v) is 7.08. The van der Waals surface area contributed by atoms with E-state index in [1.165, 1.54) is 6.92 Å². The molecule has 0 amide bonds. The number of carbonyl (C=O) groups excluding carboxylic acids is 1. The molecule has 1 atom stereocenters. The molecule has 0 unspecified atom stereocenters. The smallest absolute Gasteiger partial charge is 0.233 e. The van der Waals surface area contributed by atoms with Crippen molar-refractivity contribution in [3.05, 3.63) is 0 Å². The molecule has 0 fully saturated rings. The van der Waals surface area contributed by atoms with E-state index in [2.05, 4.69) is 31.1 Å². The number of Topliss-reactive ketones (excluding diaryl/α,β-unsaturated/α-hetero) is 1. The molecular weight excluding hydrogens is 156 g/mol. The van der Waals surface area contributed by atoms with Crippen molar-refractivity contribution in [2.45, 2.75) is 32.7 Å². The molecule has 0 aliphatic heterocycles. The van der Waals surface area contributed by atoms with Crippen molar-refractivity contribution in [2.24, 2.45) is 0 Å². The Hall–Kier alpha value is -0.593. The summed E-state index contributed by atoms with van der Waals surface area (Å²) in [7, 11) is -1.46. The number of carbonyl (C=O) groups is 1. The second-order valence-corrected chi connectivity index (χ2v) is 8.29. The van der Waals surface area contributed by atoms with E-state index in [0.717, 1.165) is 0 Å². The predicted molar refractivity (Wildman–Crippen MR) is 47.8 cm³/mol. The van der Waals surface area contributed by atoms with Crippen LogP contribution in [0.1, 0.15) is 6.92 Å². The van der Waals surface area contributed by atoms with Crippen molar-refractivity contribution >= 4 is 13.9 Å². The van der Waals surface area contributed by atoms with Gasteiger partial charge in [-0.05, 0) is 12.8 Å². The topological polar surface area (TPSA) is 37.3 Å². The van der Waals surface area contributed by atoms with Gasteiger partial charge in [0.1, 0.15) is 14.2 Å². The molecule has 0 saturated heterocycles. The summed E-state index contributed by atoms with van der Waals surface area (Å²) in [5.74, 6) is 2.06. The predicted octanol–water partition coefficient (Wildman–Crippen LogP) is 0.817. The molecule has 0 spiro atoms. The number of ketones is 1. The average molecular weight is 170 g/mol. The third-order valence-corrected chi connectivity index (χ3v) is 1.82. The van der Waals surface area contributed by atoms with E-state index in [1.54, 1.807) is 0 Å². The molecule has 0 aliphatic rings. The van der Waals surface area contributed by atoms with E-state index in [4.69, 9.17) is 5.11 Å². The van der Waals surface area contributed by atoms with Crippen LogP contribution in [-0.2, 0) is 4.79 Å². The Morgan fingerprint density at radius 2 is 1.91 bits per heavy atom. The number of hydrogen-bond acceptors (Lipinski definition) is 2. The number of hydrogen-bond donors (Lipinski definition) is 1. The van der Waals surface area contributed by atoms with Gasteiger partial charge in [0, 0.05) is 0 Å². The Balaban J connectivity index is 4.20. The molecule has 0 saturated carbocycles. The van der Waals surface area contributed by atoms with Gasteiger partial charge in [-0.1, -0.05) is 19.6 Å². The lowest BCUT2D eigenvalue weighted by atomic mass is 10.3. The molecule has 0 aromatic rings. The quantitative estimate of drug-likeness (QED) is 0.467. The SMILES string of the molecule is C[C@H](O)C(=O)C#C[Si](C)(C)C. The third-order valence-electron chi connectivity index (χ3n) is 0.940. The summed E-state index contributed by atoms with van der Waals surface area (Å²) < 4.78 is 0. The molecule has 0 bridgehead atoms. The highest BCUT2D eigenvalue weighted by molar-refractivity contribution is 6.84. The zero-order valence-corrected chi connectivity index (χ0v) is 8.43. The van der Waals surface area contributed by atoms with Crippen molar-refractivity contribution in [1.82, 2.24) is 0 Å². The van der Waals surface area contributed by atoms with E-state index in [1.807, 2.05) is 0 Å². The van der Waals surface area contributed by atoms with Gasteiger partial charge in [-0.3, -0.25) is 4.79 Å². The normalized spacial score (nSPS) is 13.2. The van der Waals surface area contributed by atoms with Crippen LogP contribution in [0.25, 0.3) is 0 Å². The van der Waals surface area contributed by atoms with Crippen LogP contribution in [0.15, 0.2) is 0 Å². The molecule has 2 nitrogen and oxygen atoms in total. The molecule has 0 radical (unpaired) electrons. The van der Waals surface area contributed by atoms with Gasteiger partial charge in [-0.2, -0.15) is 0 Å². The second-order valence-electron chi connectivity index (χ2n) is 3.54. The van der Waals surface area contributed by atoms with Crippen molar-refractivity contribution in [3.63, 3.8) is 0 Å².